The van der Waals surface area contributed by atoms with Gasteiger partial charge < -0.3 is 23.7 Å². The van der Waals surface area contributed by atoms with Crippen LogP contribution in [-0.4, -0.2) is 47.3 Å². The van der Waals surface area contributed by atoms with Crippen molar-refractivity contribution in [1.82, 2.24) is 0 Å². The molecule has 6 heteroatoms. The van der Waals surface area contributed by atoms with Crippen molar-refractivity contribution in [2.24, 2.45) is 0 Å². The van der Waals surface area contributed by atoms with Gasteiger partial charge in [-0.05, 0) is 48.4 Å². The van der Waals surface area contributed by atoms with Crippen molar-refractivity contribution in [3.8, 4) is 11.5 Å². The third kappa shape index (κ3) is 5.47. The van der Waals surface area contributed by atoms with Gasteiger partial charge in [0.05, 0.1) is 13.7 Å². The summed E-state index contributed by atoms with van der Waals surface area (Å²) < 4.78 is 26.7. The van der Waals surface area contributed by atoms with Gasteiger partial charge in [0, 0.05) is 32.3 Å². The molecule has 28 heavy (non-hydrogen) atoms. The van der Waals surface area contributed by atoms with Crippen molar-refractivity contribution in [3.63, 3.8) is 0 Å². The highest BCUT2D eigenvalue weighted by Crippen LogP contribution is 2.41. The predicted octanol–water partition coefficient (Wildman–Crippen LogP) is 3.99. The molecular weight excluding hydrogens is 360 g/mol. The maximum atomic E-state index is 11.8. The van der Waals surface area contributed by atoms with Crippen LogP contribution in [0.3, 0.4) is 0 Å². The van der Waals surface area contributed by atoms with Gasteiger partial charge in [0.15, 0.2) is 18.3 Å². The van der Waals surface area contributed by atoms with Crippen molar-refractivity contribution < 1.29 is 28.5 Å². The molecule has 2 rings (SSSR count). The van der Waals surface area contributed by atoms with Crippen LogP contribution in [0.25, 0.3) is 16.8 Å². The summed E-state index contributed by atoms with van der Waals surface area (Å²) in [5.41, 5.74) is 1.96. The molecule has 0 atom stereocenters. The molecule has 0 aromatic heterocycles. The smallest absolute Gasteiger partial charge is 0.330 e. The summed E-state index contributed by atoms with van der Waals surface area (Å²) in [5, 5.41) is 1.90. The molecule has 6 nitrogen and oxygen atoms in total. The average Bonchev–Trinajstić information content (AvgIpc) is 2.71. The van der Waals surface area contributed by atoms with E-state index in [1.165, 1.54) is 6.08 Å². The predicted molar refractivity (Wildman–Crippen MR) is 109 cm³/mol. The fourth-order valence-corrected chi connectivity index (χ4v) is 3.03. The highest BCUT2D eigenvalue weighted by atomic mass is 16.7. The van der Waals surface area contributed by atoms with E-state index in [0.29, 0.717) is 24.7 Å². The Balaban J connectivity index is 2.61. The summed E-state index contributed by atoms with van der Waals surface area (Å²) in [4.78, 5) is 11.8. The van der Waals surface area contributed by atoms with Gasteiger partial charge in [0.2, 0.25) is 0 Å². The van der Waals surface area contributed by atoms with Gasteiger partial charge in [-0.15, -0.1) is 0 Å². The second-order valence-corrected chi connectivity index (χ2v) is 6.07. The average molecular weight is 388 g/mol. The molecule has 152 valence electrons. The summed E-state index contributed by atoms with van der Waals surface area (Å²) in [6.45, 7) is 2.89. The van der Waals surface area contributed by atoms with Crippen molar-refractivity contribution >= 4 is 22.8 Å². The lowest BCUT2D eigenvalue weighted by Gasteiger charge is -2.17. The zero-order valence-electron chi connectivity index (χ0n) is 16.9. The van der Waals surface area contributed by atoms with E-state index in [-0.39, 0.29) is 12.8 Å². The molecule has 2 aromatic carbocycles. The molecule has 0 radical (unpaired) electrons. The van der Waals surface area contributed by atoms with Crippen LogP contribution in [0.15, 0.2) is 30.3 Å². The minimum absolute atomic E-state index is 0.107. The van der Waals surface area contributed by atoms with Gasteiger partial charge in [-0.2, -0.15) is 0 Å². The second kappa shape index (κ2) is 11.3. The summed E-state index contributed by atoms with van der Waals surface area (Å²) in [7, 11) is 4.86. The standard InChI is InChI=1S/C22H28O6/c1-5-27-20(23)12-11-17-14-19(26-4)22(28-15-25-3)21-16(9-7-13-24-2)8-6-10-18(17)21/h6,8,10-12,14H,5,7,9,13,15H2,1-4H3/b12-11+. The molecule has 0 aliphatic heterocycles. The van der Waals surface area contributed by atoms with Gasteiger partial charge in [-0.25, -0.2) is 4.79 Å². The minimum atomic E-state index is -0.384. The summed E-state index contributed by atoms with van der Waals surface area (Å²) in [6.07, 6.45) is 4.86. The van der Waals surface area contributed by atoms with E-state index in [4.69, 9.17) is 23.7 Å². The van der Waals surface area contributed by atoms with Crippen LogP contribution in [0.1, 0.15) is 24.5 Å². The van der Waals surface area contributed by atoms with Crippen LogP contribution in [0.5, 0.6) is 11.5 Å². The third-order valence-electron chi connectivity index (χ3n) is 4.22. The number of hydrogen-bond donors (Lipinski definition) is 0. The molecule has 0 unspecified atom stereocenters. The number of carbonyl (C=O) groups excluding carboxylic acids is 1. The van der Waals surface area contributed by atoms with Crippen molar-refractivity contribution in [2.75, 3.05) is 41.3 Å². The van der Waals surface area contributed by atoms with Gasteiger partial charge in [0.25, 0.3) is 0 Å². The summed E-state index contributed by atoms with van der Waals surface area (Å²) in [5.74, 6) is 0.818. The number of methoxy groups -OCH3 is 3. The minimum Gasteiger partial charge on any atom is -0.493 e. The summed E-state index contributed by atoms with van der Waals surface area (Å²) in [6, 6.07) is 7.91. The molecule has 0 heterocycles. The zero-order valence-corrected chi connectivity index (χ0v) is 16.9. The largest absolute Gasteiger partial charge is 0.493 e. The summed E-state index contributed by atoms with van der Waals surface area (Å²) >= 11 is 0. The topological polar surface area (TPSA) is 63.2 Å². The Kier molecular flexibility index (Phi) is 8.78. The van der Waals surface area contributed by atoms with E-state index in [1.54, 1.807) is 34.3 Å². The van der Waals surface area contributed by atoms with Crippen molar-refractivity contribution in [2.45, 2.75) is 19.8 Å². The molecule has 0 aliphatic carbocycles. The van der Waals surface area contributed by atoms with Crippen LogP contribution in [-0.2, 0) is 25.4 Å². The molecule has 0 aliphatic rings. The first-order chi connectivity index (χ1) is 13.7. The Bertz CT molecular complexity index is 812. The highest BCUT2D eigenvalue weighted by Gasteiger charge is 2.16. The Morgan fingerprint density at radius 2 is 1.96 bits per heavy atom. The van der Waals surface area contributed by atoms with E-state index in [0.717, 1.165) is 34.7 Å². The van der Waals surface area contributed by atoms with Gasteiger partial charge in [-0.1, -0.05) is 18.2 Å². The Morgan fingerprint density at radius 1 is 1.14 bits per heavy atom. The highest BCUT2D eigenvalue weighted by molar-refractivity contribution is 6.01. The normalized spacial score (nSPS) is 11.1. The van der Waals surface area contributed by atoms with Crippen LogP contribution in [0, 0.1) is 0 Å². The van der Waals surface area contributed by atoms with Gasteiger partial charge in [-0.3, -0.25) is 0 Å². The van der Waals surface area contributed by atoms with Crippen molar-refractivity contribution in [1.29, 1.82) is 0 Å². The fraction of sp³-hybridized carbons (Fsp3) is 0.409. The molecule has 0 bridgehead atoms. The number of benzene rings is 2. The van der Waals surface area contributed by atoms with E-state index < -0.39 is 0 Å². The zero-order chi connectivity index (χ0) is 20.4. The molecular formula is C22H28O6. The SMILES string of the molecule is CCOC(=O)/C=C/c1cc(OC)c(OCOC)c2c(CCCOC)cccc12. The van der Waals surface area contributed by atoms with E-state index in [2.05, 4.69) is 6.07 Å². The van der Waals surface area contributed by atoms with E-state index >= 15 is 0 Å². The van der Waals surface area contributed by atoms with Crippen LogP contribution in [0.4, 0.5) is 0 Å². The lowest BCUT2D eigenvalue weighted by Crippen LogP contribution is -2.04. The number of ether oxygens (including phenoxy) is 5. The number of rotatable bonds is 11. The van der Waals surface area contributed by atoms with E-state index in [1.807, 2.05) is 18.2 Å². The molecule has 0 saturated carbocycles. The third-order valence-corrected chi connectivity index (χ3v) is 4.22. The van der Waals surface area contributed by atoms with Gasteiger partial charge in [0.1, 0.15) is 0 Å². The van der Waals surface area contributed by atoms with E-state index in [9.17, 15) is 4.79 Å². The van der Waals surface area contributed by atoms with Crippen molar-refractivity contribution in [3.05, 3.63) is 41.5 Å². The Labute approximate surface area is 166 Å². The van der Waals surface area contributed by atoms with Crippen LogP contribution >= 0.6 is 0 Å². The monoisotopic (exact) mass is 388 g/mol. The Morgan fingerprint density at radius 3 is 2.64 bits per heavy atom. The fourth-order valence-electron chi connectivity index (χ4n) is 3.03. The lowest BCUT2D eigenvalue weighted by atomic mass is 9.95. The first-order valence-electron chi connectivity index (χ1n) is 9.24. The molecule has 0 spiro atoms. The molecule has 0 fully saturated rings. The maximum absolute atomic E-state index is 11.8. The molecule has 0 amide bonds. The molecule has 0 N–H and O–H groups in total. The quantitative estimate of drug-likeness (QED) is 0.251. The number of fused-ring (bicyclic) bond motifs is 1. The lowest BCUT2D eigenvalue weighted by molar-refractivity contribution is -0.137. The Hall–Kier alpha value is -2.57. The maximum Gasteiger partial charge on any atom is 0.330 e. The molecule has 0 saturated heterocycles. The van der Waals surface area contributed by atoms with Crippen LogP contribution < -0.4 is 9.47 Å². The number of hydrogen-bond acceptors (Lipinski definition) is 6. The first kappa shape index (κ1) is 21.7. The van der Waals surface area contributed by atoms with Crippen LogP contribution in [0.2, 0.25) is 0 Å². The van der Waals surface area contributed by atoms with Gasteiger partial charge >= 0.3 is 5.97 Å². The molecule has 2 aromatic rings. The number of esters is 1. The number of aryl methyl sites for hydroxylation is 1. The second-order valence-electron chi connectivity index (χ2n) is 6.07. The number of carbonyl (C=O) groups is 1. The first-order valence-corrected chi connectivity index (χ1v) is 9.24.